The molecule has 0 bridgehead atoms. The molecule has 0 saturated carbocycles. The molecule has 84 valence electrons. The van der Waals surface area contributed by atoms with Crippen molar-refractivity contribution in [3.05, 3.63) is 96.6 Å². The van der Waals surface area contributed by atoms with Crippen LogP contribution in [0.2, 0.25) is 0 Å². The zero-order chi connectivity index (χ0) is 11.8. The topological polar surface area (TPSA) is 9.23 Å². The molecule has 2 aliphatic rings. The third-order valence-corrected chi connectivity index (χ3v) is 2.17. The van der Waals surface area contributed by atoms with Crippen molar-refractivity contribution >= 4 is 0 Å². The number of hydrogen-bond donors (Lipinski definition) is 0. The van der Waals surface area contributed by atoms with E-state index in [9.17, 15) is 0 Å². The highest BCUT2D eigenvalue weighted by Gasteiger charge is 1.96. The van der Waals surface area contributed by atoms with Crippen LogP contribution in [0, 0.1) is 0 Å². The first kappa shape index (κ1) is 11.2. The summed E-state index contributed by atoms with van der Waals surface area (Å²) in [6.45, 7) is 0. The highest BCUT2D eigenvalue weighted by molar-refractivity contribution is 5.32. The first-order valence-corrected chi connectivity index (χ1v) is 5.56. The van der Waals surface area contributed by atoms with E-state index < -0.39 is 0 Å². The Hall–Kier alpha value is -2.28. The average Bonchev–Trinajstić information content (AvgIpc) is 2.24. The van der Waals surface area contributed by atoms with E-state index in [0.717, 1.165) is 11.5 Å². The Bertz CT molecular complexity index is 446. The second-order valence-corrected chi connectivity index (χ2v) is 3.50. The summed E-state index contributed by atoms with van der Waals surface area (Å²) in [5.74, 6) is 1.64. The van der Waals surface area contributed by atoms with Gasteiger partial charge in [-0.25, -0.2) is 0 Å². The lowest BCUT2D eigenvalue weighted by Crippen LogP contribution is -1.89. The molecule has 2 aliphatic carbocycles. The third kappa shape index (κ3) is 3.99. The Kier molecular flexibility index (Phi) is 4.18. The van der Waals surface area contributed by atoms with Crippen molar-refractivity contribution < 1.29 is 4.74 Å². The van der Waals surface area contributed by atoms with Crippen LogP contribution < -0.4 is 0 Å². The normalized spacial score (nSPS) is 17.9. The van der Waals surface area contributed by atoms with Crippen molar-refractivity contribution in [2.45, 2.75) is 0 Å². The van der Waals surface area contributed by atoms with Gasteiger partial charge in [-0.15, -0.1) is 0 Å². The Labute approximate surface area is 102 Å². The lowest BCUT2D eigenvalue weighted by atomic mass is 10.2. The summed E-state index contributed by atoms with van der Waals surface area (Å²) < 4.78 is 5.78. The van der Waals surface area contributed by atoms with Crippen LogP contribution in [-0.4, -0.2) is 0 Å². The minimum Gasteiger partial charge on any atom is -0.457 e. The van der Waals surface area contributed by atoms with Gasteiger partial charge in [-0.1, -0.05) is 60.8 Å². The van der Waals surface area contributed by atoms with Crippen molar-refractivity contribution in [3.63, 3.8) is 0 Å². The van der Waals surface area contributed by atoms with Gasteiger partial charge >= 0.3 is 0 Å². The minimum absolute atomic E-state index is 0.819. The van der Waals surface area contributed by atoms with E-state index in [-0.39, 0.29) is 0 Å². The number of allylic oxidation sites excluding steroid dienone is 14. The van der Waals surface area contributed by atoms with E-state index in [4.69, 9.17) is 4.74 Å². The molecule has 0 aromatic carbocycles. The first-order valence-electron chi connectivity index (χ1n) is 5.56. The molecule has 0 aromatic heterocycles. The molecule has 0 atom stereocenters. The highest BCUT2D eigenvalue weighted by Crippen LogP contribution is 2.12. The average molecular weight is 222 g/mol. The maximum Gasteiger partial charge on any atom is 0.127 e. The quantitative estimate of drug-likeness (QED) is 0.682. The smallest absolute Gasteiger partial charge is 0.127 e. The summed E-state index contributed by atoms with van der Waals surface area (Å²) in [6.07, 6.45) is 27.4. The van der Waals surface area contributed by atoms with Crippen LogP contribution in [0.4, 0.5) is 0 Å². The van der Waals surface area contributed by atoms with Crippen LogP contribution >= 0.6 is 0 Å². The second-order valence-electron chi connectivity index (χ2n) is 3.50. The first-order chi connectivity index (χ1) is 8.45. The zero-order valence-corrected chi connectivity index (χ0v) is 9.49. The predicted octanol–water partition coefficient (Wildman–Crippen LogP) is 4.14. The van der Waals surface area contributed by atoms with Crippen LogP contribution in [0.5, 0.6) is 0 Å². The standard InChI is InChI=1S/C16H14O/c1-3-7-11-15(12-8-4-1)17-16-13-9-5-2-6-10-14-16/h1-14H. The van der Waals surface area contributed by atoms with E-state index in [1.54, 1.807) is 0 Å². The van der Waals surface area contributed by atoms with Crippen LogP contribution in [0.3, 0.4) is 0 Å². The van der Waals surface area contributed by atoms with Gasteiger partial charge in [0.2, 0.25) is 0 Å². The van der Waals surface area contributed by atoms with E-state index >= 15 is 0 Å². The van der Waals surface area contributed by atoms with Gasteiger partial charge in [-0.3, -0.25) is 0 Å². The summed E-state index contributed by atoms with van der Waals surface area (Å²) in [4.78, 5) is 0. The Morgan fingerprint density at radius 1 is 0.471 bits per heavy atom. The molecule has 0 N–H and O–H groups in total. The Balaban J connectivity index is 2.10. The number of hydrogen-bond acceptors (Lipinski definition) is 1. The summed E-state index contributed by atoms with van der Waals surface area (Å²) in [5.41, 5.74) is 0. The molecule has 0 unspecified atom stereocenters. The van der Waals surface area contributed by atoms with Crippen LogP contribution in [-0.2, 0) is 4.74 Å². The molecule has 0 saturated heterocycles. The summed E-state index contributed by atoms with van der Waals surface area (Å²) in [6, 6.07) is 0. The third-order valence-electron chi connectivity index (χ3n) is 2.17. The van der Waals surface area contributed by atoms with E-state index in [1.165, 1.54) is 0 Å². The SMILES string of the molecule is C1=CC=CC(OC2=CC=CC=CC=C2)=CC=C1. The van der Waals surface area contributed by atoms with Gasteiger partial charge in [-0.05, 0) is 24.3 Å². The lowest BCUT2D eigenvalue weighted by Gasteiger charge is -2.07. The van der Waals surface area contributed by atoms with Gasteiger partial charge in [-0.2, -0.15) is 0 Å². The molecular formula is C16H14O. The molecule has 0 aliphatic heterocycles. The molecule has 0 aromatic rings. The summed E-state index contributed by atoms with van der Waals surface area (Å²) in [7, 11) is 0. The molecular weight excluding hydrogens is 208 g/mol. The predicted molar refractivity (Wildman–Crippen MR) is 72.1 cm³/mol. The minimum atomic E-state index is 0.819. The van der Waals surface area contributed by atoms with Crippen LogP contribution in [0.1, 0.15) is 0 Å². The molecule has 0 amide bonds. The maximum atomic E-state index is 5.78. The molecule has 1 heteroatoms. The van der Waals surface area contributed by atoms with Crippen molar-refractivity contribution in [2.24, 2.45) is 0 Å². The molecule has 1 nitrogen and oxygen atoms in total. The molecule has 17 heavy (non-hydrogen) atoms. The Morgan fingerprint density at radius 2 is 0.882 bits per heavy atom. The summed E-state index contributed by atoms with van der Waals surface area (Å²) in [5, 5.41) is 0. The molecule has 2 rings (SSSR count). The van der Waals surface area contributed by atoms with Crippen molar-refractivity contribution in [1.82, 2.24) is 0 Å². The molecule has 0 radical (unpaired) electrons. The maximum absolute atomic E-state index is 5.78. The number of rotatable bonds is 2. The fraction of sp³-hybridized carbons (Fsp3) is 0. The van der Waals surface area contributed by atoms with Crippen LogP contribution in [0.25, 0.3) is 0 Å². The fourth-order valence-corrected chi connectivity index (χ4v) is 1.37. The van der Waals surface area contributed by atoms with E-state index in [1.807, 2.05) is 85.1 Å². The zero-order valence-electron chi connectivity index (χ0n) is 9.49. The van der Waals surface area contributed by atoms with Gasteiger partial charge < -0.3 is 4.74 Å². The van der Waals surface area contributed by atoms with Gasteiger partial charge in [0.05, 0.1) is 0 Å². The second kappa shape index (κ2) is 6.33. The largest absolute Gasteiger partial charge is 0.457 e. The van der Waals surface area contributed by atoms with Gasteiger partial charge in [0.25, 0.3) is 0 Å². The lowest BCUT2D eigenvalue weighted by molar-refractivity contribution is 0.336. The highest BCUT2D eigenvalue weighted by atomic mass is 16.5. The fourth-order valence-electron chi connectivity index (χ4n) is 1.37. The number of ether oxygens (including phenoxy) is 1. The Morgan fingerprint density at radius 3 is 1.41 bits per heavy atom. The van der Waals surface area contributed by atoms with Gasteiger partial charge in [0.1, 0.15) is 11.5 Å². The van der Waals surface area contributed by atoms with Crippen molar-refractivity contribution in [1.29, 1.82) is 0 Å². The van der Waals surface area contributed by atoms with Crippen molar-refractivity contribution in [2.75, 3.05) is 0 Å². The molecule has 0 spiro atoms. The van der Waals surface area contributed by atoms with E-state index in [0.29, 0.717) is 0 Å². The monoisotopic (exact) mass is 222 g/mol. The van der Waals surface area contributed by atoms with Crippen molar-refractivity contribution in [3.8, 4) is 0 Å². The molecule has 0 heterocycles. The van der Waals surface area contributed by atoms with Crippen LogP contribution in [0.15, 0.2) is 96.6 Å². The molecule has 0 fully saturated rings. The van der Waals surface area contributed by atoms with Gasteiger partial charge in [0, 0.05) is 0 Å². The summed E-state index contributed by atoms with van der Waals surface area (Å²) >= 11 is 0. The van der Waals surface area contributed by atoms with E-state index in [2.05, 4.69) is 0 Å². The van der Waals surface area contributed by atoms with Gasteiger partial charge in [0.15, 0.2) is 0 Å².